The first kappa shape index (κ1) is 17.0. The van der Waals surface area contributed by atoms with Crippen molar-refractivity contribution in [3.63, 3.8) is 0 Å². The molecule has 0 saturated carbocycles. The fraction of sp³-hybridized carbons (Fsp3) is 0.190. The quantitative estimate of drug-likeness (QED) is 0.656. The van der Waals surface area contributed by atoms with E-state index in [1.54, 1.807) is 0 Å². The maximum absolute atomic E-state index is 5.82. The van der Waals surface area contributed by atoms with Gasteiger partial charge < -0.3 is 14.8 Å². The van der Waals surface area contributed by atoms with Crippen molar-refractivity contribution in [2.75, 3.05) is 6.54 Å². The Hall–Kier alpha value is -2.85. The highest BCUT2D eigenvalue weighted by Crippen LogP contribution is 2.23. The zero-order valence-corrected chi connectivity index (χ0v) is 14.3. The molecule has 4 heteroatoms. The van der Waals surface area contributed by atoms with Gasteiger partial charge in [-0.05, 0) is 42.4 Å². The Kier molecular flexibility index (Phi) is 6.01. The molecule has 1 heterocycles. The summed E-state index contributed by atoms with van der Waals surface area (Å²) < 4.78 is 11.6. The average molecular weight is 334 g/mol. The Labute approximate surface area is 148 Å². The van der Waals surface area contributed by atoms with E-state index in [9.17, 15) is 0 Å². The summed E-state index contributed by atoms with van der Waals surface area (Å²) in [6.45, 7) is 4.27. The van der Waals surface area contributed by atoms with Crippen molar-refractivity contribution in [2.24, 2.45) is 0 Å². The molecule has 0 amide bonds. The van der Waals surface area contributed by atoms with Gasteiger partial charge in [0.2, 0.25) is 5.88 Å². The second kappa shape index (κ2) is 8.85. The lowest BCUT2D eigenvalue weighted by molar-refractivity contribution is 0.305. The average Bonchev–Trinajstić information content (AvgIpc) is 2.67. The van der Waals surface area contributed by atoms with E-state index in [1.165, 1.54) is 0 Å². The van der Waals surface area contributed by atoms with Gasteiger partial charge in [0, 0.05) is 12.6 Å². The van der Waals surface area contributed by atoms with Crippen LogP contribution >= 0.6 is 0 Å². The summed E-state index contributed by atoms with van der Waals surface area (Å²) in [5.41, 5.74) is 2.10. The molecule has 2 aromatic carbocycles. The highest BCUT2D eigenvalue weighted by atomic mass is 16.5. The van der Waals surface area contributed by atoms with Gasteiger partial charge in [-0.15, -0.1) is 0 Å². The SMILES string of the molecule is CCNCc1cccc(Oc2ccc(OCc3ccccc3)cc2)n1. The number of nitrogens with one attached hydrogen (secondary N) is 1. The Morgan fingerprint density at radius 3 is 2.36 bits per heavy atom. The topological polar surface area (TPSA) is 43.4 Å². The molecule has 0 atom stereocenters. The van der Waals surface area contributed by atoms with Gasteiger partial charge in [0.1, 0.15) is 18.1 Å². The van der Waals surface area contributed by atoms with Crippen molar-refractivity contribution in [3.8, 4) is 17.4 Å². The second-order valence-corrected chi connectivity index (χ2v) is 5.60. The van der Waals surface area contributed by atoms with Crippen LogP contribution in [0.1, 0.15) is 18.2 Å². The fourth-order valence-corrected chi connectivity index (χ4v) is 2.33. The molecule has 0 spiro atoms. The summed E-state index contributed by atoms with van der Waals surface area (Å²) in [6, 6.07) is 23.5. The van der Waals surface area contributed by atoms with Crippen LogP contribution in [-0.2, 0) is 13.2 Å². The normalized spacial score (nSPS) is 10.4. The molecule has 0 fully saturated rings. The van der Waals surface area contributed by atoms with Crippen LogP contribution in [0.4, 0.5) is 0 Å². The lowest BCUT2D eigenvalue weighted by Gasteiger charge is -2.09. The van der Waals surface area contributed by atoms with Crippen LogP contribution in [0.2, 0.25) is 0 Å². The van der Waals surface area contributed by atoms with Crippen molar-refractivity contribution >= 4 is 0 Å². The van der Waals surface area contributed by atoms with E-state index < -0.39 is 0 Å². The van der Waals surface area contributed by atoms with Gasteiger partial charge in [0.05, 0.1) is 5.69 Å². The molecule has 3 rings (SSSR count). The molecule has 1 N–H and O–H groups in total. The Morgan fingerprint density at radius 2 is 1.60 bits per heavy atom. The smallest absolute Gasteiger partial charge is 0.219 e. The van der Waals surface area contributed by atoms with Gasteiger partial charge >= 0.3 is 0 Å². The van der Waals surface area contributed by atoms with Gasteiger partial charge in [-0.25, -0.2) is 4.98 Å². The molecule has 0 aliphatic heterocycles. The van der Waals surface area contributed by atoms with Crippen molar-refractivity contribution < 1.29 is 9.47 Å². The molecule has 128 valence electrons. The number of ether oxygens (including phenoxy) is 2. The zero-order valence-electron chi connectivity index (χ0n) is 14.3. The zero-order chi connectivity index (χ0) is 17.3. The van der Waals surface area contributed by atoms with Gasteiger partial charge in [-0.1, -0.05) is 43.3 Å². The largest absolute Gasteiger partial charge is 0.489 e. The van der Waals surface area contributed by atoms with E-state index in [4.69, 9.17) is 9.47 Å². The van der Waals surface area contributed by atoms with Crippen molar-refractivity contribution in [2.45, 2.75) is 20.1 Å². The summed E-state index contributed by atoms with van der Waals surface area (Å²) in [4.78, 5) is 4.49. The van der Waals surface area contributed by atoms with E-state index in [2.05, 4.69) is 17.2 Å². The fourth-order valence-electron chi connectivity index (χ4n) is 2.33. The van der Waals surface area contributed by atoms with Crippen LogP contribution in [0.3, 0.4) is 0 Å². The minimum absolute atomic E-state index is 0.551. The van der Waals surface area contributed by atoms with E-state index in [1.807, 2.05) is 72.8 Å². The molecule has 0 aliphatic rings. The number of hydrogen-bond donors (Lipinski definition) is 1. The Morgan fingerprint density at radius 1 is 0.840 bits per heavy atom. The molecule has 0 bridgehead atoms. The van der Waals surface area contributed by atoms with Gasteiger partial charge in [-0.3, -0.25) is 0 Å². The van der Waals surface area contributed by atoms with Crippen molar-refractivity contribution in [3.05, 3.63) is 84.1 Å². The Bertz CT molecular complexity index is 773. The monoisotopic (exact) mass is 334 g/mol. The standard InChI is InChI=1S/C21H22N2O2/c1-2-22-15-18-9-6-10-21(23-18)25-20-13-11-19(12-14-20)24-16-17-7-4-3-5-8-17/h3-14,22H,2,15-16H2,1H3. The number of benzene rings is 2. The predicted molar refractivity (Wildman–Crippen MR) is 98.9 cm³/mol. The molecule has 25 heavy (non-hydrogen) atoms. The molecule has 1 aromatic heterocycles. The van der Waals surface area contributed by atoms with Gasteiger partial charge in [0.25, 0.3) is 0 Å². The van der Waals surface area contributed by atoms with Crippen molar-refractivity contribution in [1.29, 1.82) is 0 Å². The third-order valence-corrected chi connectivity index (χ3v) is 3.63. The number of nitrogens with zero attached hydrogens (tertiary/aromatic N) is 1. The van der Waals surface area contributed by atoms with Crippen LogP contribution in [-0.4, -0.2) is 11.5 Å². The molecule has 3 aromatic rings. The highest BCUT2D eigenvalue weighted by Gasteiger charge is 2.02. The van der Waals surface area contributed by atoms with E-state index in [-0.39, 0.29) is 0 Å². The van der Waals surface area contributed by atoms with Crippen LogP contribution in [0, 0.1) is 0 Å². The molecule has 0 aliphatic carbocycles. The van der Waals surface area contributed by atoms with Crippen LogP contribution in [0.5, 0.6) is 17.4 Å². The number of rotatable bonds is 8. The minimum Gasteiger partial charge on any atom is -0.489 e. The Balaban J connectivity index is 1.57. The van der Waals surface area contributed by atoms with Gasteiger partial charge in [0.15, 0.2) is 0 Å². The van der Waals surface area contributed by atoms with Gasteiger partial charge in [-0.2, -0.15) is 0 Å². The summed E-state index contributed by atoms with van der Waals surface area (Å²) in [7, 11) is 0. The first-order valence-electron chi connectivity index (χ1n) is 8.45. The third-order valence-electron chi connectivity index (χ3n) is 3.63. The predicted octanol–water partition coefficient (Wildman–Crippen LogP) is 4.56. The van der Waals surface area contributed by atoms with Crippen LogP contribution in [0.15, 0.2) is 72.8 Å². The lowest BCUT2D eigenvalue weighted by atomic mass is 10.2. The van der Waals surface area contributed by atoms with E-state index >= 15 is 0 Å². The third kappa shape index (κ3) is 5.33. The maximum Gasteiger partial charge on any atom is 0.219 e. The minimum atomic E-state index is 0.551. The summed E-state index contributed by atoms with van der Waals surface area (Å²) in [5, 5.41) is 3.26. The van der Waals surface area contributed by atoms with Crippen molar-refractivity contribution in [1.82, 2.24) is 10.3 Å². The summed E-state index contributed by atoms with van der Waals surface area (Å²) in [5.74, 6) is 2.14. The number of hydrogen-bond acceptors (Lipinski definition) is 4. The summed E-state index contributed by atoms with van der Waals surface area (Å²) in [6.07, 6.45) is 0. The maximum atomic E-state index is 5.82. The van der Waals surface area contributed by atoms with Crippen LogP contribution in [0.25, 0.3) is 0 Å². The molecule has 0 unspecified atom stereocenters. The summed E-state index contributed by atoms with van der Waals surface area (Å²) >= 11 is 0. The highest BCUT2D eigenvalue weighted by molar-refractivity contribution is 5.34. The second-order valence-electron chi connectivity index (χ2n) is 5.60. The first-order valence-corrected chi connectivity index (χ1v) is 8.45. The molecule has 0 saturated heterocycles. The molecule has 0 radical (unpaired) electrons. The lowest BCUT2D eigenvalue weighted by Crippen LogP contribution is -2.12. The molecule has 4 nitrogen and oxygen atoms in total. The molecular formula is C21H22N2O2. The molecular weight excluding hydrogens is 312 g/mol. The number of aromatic nitrogens is 1. The first-order chi connectivity index (χ1) is 12.3. The van der Waals surface area contributed by atoms with E-state index in [0.29, 0.717) is 12.5 Å². The van der Waals surface area contributed by atoms with E-state index in [0.717, 1.165) is 35.8 Å². The number of pyridine rings is 1. The van der Waals surface area contributed by atoms with Crippen LogP contribution < -0.4 is 14.8 Å².